The van der Waals surface area contributed by atoms with Gasteiger partial charge in [-0.1, -0.05) is 189 Å². The number of unbranched alkanes of at least 4 members (excludes halogenated alkanes) is 18. The standard InChI is InChI=1S/C16H32.C13H27NO2.3C2H6.CH4O/c1-3-5-7-9-11-13-15-16-14-12-10-8-6-4-2;1-2-3-4-5-6-7-8-9-10-11-13(15)12-14-16;4*1-2/h13,15H,3-12,14,16H2,1-2H3;13,15H,2-12H2,1H3;3*1-2H3;2H,1H3. The second kappa shape index (κ2) is 66.5. The number of aliphatic hydroxyl groups is 2. The summed E-state index contributed by atoms with van der Waals surface area (Å²) in [6.07, 6.45) is 33.2. The number of nitrogens with zero attached hydrogens (tertiary/aromatic N) is 1. The molecule has 248 valence electrons. The summed E-state index contributed by atoms with van der Waals surface area (Å²) in [5.41, 5.74) is 0. The van der Waals surface area contributed by atoms with E-state index in [0.29, 0.717) is 0 Å². The van der Waals surface area contributed by atoms with Crippen LogP contribution in [0.1, 0.15) is 204 Å². The van der Waals surface area contributed by atoms with Crippen molar-refractivity contribution >= 4 is 0 Å². The minimum atomic E-state index is -0.512. The predicted octanol–water partition coefficient (Wildman–Crippen LogP) is 13.0. The average molecular weight is 576 g/mol. The summed E-state index contributed by atoms with van der Waals surface area (Å²) in [6.45, 7) is 18.8. The molecule has 0 aromatic carbocycles. The number of aliphatic hydroxyl groups excluding tert-OH is 2. The summed E-state index contributed by atoms with van der Waals surface area (Å²) in [4.78, 5) is 9.87. The number of allylic oxidation sites excluding steroid dienone is 2. The zero-order chi connectivity index (χ0) is 32.0. The van der Waals surface area contributed by atoms with Gasteiger partial charge in [-0.15, -0.1) is 0 Å². The van der Waals surface area contributed by atoms with Crippen molar-refractivity contribution in [2.45, 2.75) is 210 Å². The first-order valence-electron chi connectivity index (χ1n) is 17.8. The molecule has 0 aliphatic heterocycles. The van der Waals surface area contributed by atoms with Gasteiger partial charge in [-0.2, -0.15) is 4.91 Å². The third-order valence-corrected chi connectivity index (χ3v) is 6.04. The van der Waals surface area contributed by atoms with Crippen molar-refractivity contribution in [3.63, 3.8) is 0 Å². The fourth-order valence-corrected chi connectivity index (χ4v) is 3.84. The molecule has 0 saturated carbocycles. The molecular weight excluding hydrogens is 494 g/mol. The Labute approximate surface area is 255 Å². The zero-order valence-electron chi connectivity index (χ0n) is 29.7. The zero-order valence-corrected chi connectivity index (χ0v) is 29.7. The van der Waals surface area contributed by atoms with E-state index in [-0.39, 0.29) is 6.54 Å². The molecule has 0 rings (SSSR count). The van der Waals surface area contributed by atoms with Crippen molar-refractivity contribution in [2.24, 2.45) is 5.18 Å². The molecular formula is C36H81NO3. The van der Waals surface area contributed by atoms with E-state index in [1.807, 2.05) is 41.5 Å². The summed E-state index contributed by atoms with van der Waals surface area (Å²) in [5.74, 6) is 0. The van der Waals surface area contributed by atoms with Crippen molar-refractivity contribution in [1.82, 2.24) is 0 Å². The molecule has 0 aliphatic rings. The van der Waals surface area contributed by atoms with Crippen LogP contribution in [0.2, 0.25) is 0 Å². The number of rotatable bonds is 24. The molecule has 4 heteroatoms. The second-order valence-electron chi connectivity index (χ2n) is 9.46. The van der Waals surface area contributed by atoms with Crippen molar-refractivity contribution in [1.29, 1.82) is 0 Å². The summed E-state index contributed by atoms with van der Waals surface area (Å²) < 4.78 is 0. The molecule has 0 aromatic rings. The smallest absolute Gasteiger partial charge is 0.107 e. The van der Waals surface area contributed by atoms with Crippen LogP contribution in [-0.4, -0.2) is 30.0 Å². The van der Waals surface area contributed by atoms with Crippen LogP contribution in [0.15, 0.2) is 17.3 Å². The van der Waals surface area contributed by atoms with Crippen molar-refractivity contribution in [3.8, 4) is 0 Å². The molecule has 1 atom stereocenters. The molecule has 0 saturated heterocycles. The minimum Gasteiger partial charge on any atom is -0.400 e. The van der Waals surface area contributed by atoms with Gasteiger partial charge in [-0.3, -0.25) is 0 Å². The van der Waals surface area contributed by atoms with Gasteiger partial charge in [-0.25, -0.2) is 0 Å². The Morgan fingerprint density at radius 3 is 1.10 bits per heavy atom. The fourth-order valence-electron chi connectivity index (χ4n) is 3.84. The van der Waals surface area contributed by atoms with E-state index in [2.05, 4.69) is 38.1 Å². The number of hydrogen-bond donors (Lipinski definition) is 2. The Kier molecular flexibility index (Phi) is 86.4. The molecule has 4 nitrogen and oxygen atoms in total. The first-order chi connectivity index (χ1) is 19.7. The highest BCUT2D eigenvalue weighted by Gasteiger charge is 2.02. The summed E-state index contributed by atoms with van der Waals surface area (Å²) >= 11 is 0. The van der Waals surface area contributed by atoms with Crippen LogP contribution in [0, 0.1) is 4.91 Å². The Morgan fingerprint density at radius 2 is 0.775 bits per heavy atom. The van der Waals surface area contributed by atoms with Gasteiger partial charge in [0.1, 0.15) is 6.54 Å². The minimum absolute atomic E-state index is 0.0526. The topological polar surface area (TPSA) is 69.9 Å². The van der Waals surface area contributed by atoms with Crippen LogP contribution in [0.3, 0.4) is 0 Å². The van der Waals surface area contributed by atoms with Crippen LogP contribution in [0.4, 0.5) is 0 Å². The van der Waals surface area contributed by atoms with Crippen LogP contribution in [0.25, 0.3) is 0 Å². The van der Waals surface area contributed by atoms with Gasteiger partial charge >= 0.3 is 0 Å². The molecule has 1 unspecified atom stereocenters. The van der Waals surface area contributed by atoms with Crippen LogP contribution >= 0.6 is 0 Å². The molecule has 0 aromatic heterocycles. The lowest BCUT2D eigenvalue weighted by atomic mass is 10.1. The van der Waals surface area contributed by atoms with E-state index in [1.54, 1.807) is 0 Å². The lowest BCUT2D eigenvalue weighted by molar-refractivity contribution is 0.169. The number of hydrogen-bond acceptors (Lipinski definition) is 4. The maximum absolute atomic E-state index is 9.87. The van der Waals surface area contributed by atoms with Gasteiger partial charge in [-0.05, 0) is 32.1 Å². The van der Waals surface area contributed by atoms with Gasteiger partial charge in [0.05, 0.1) is 6.10 Å². The summed E-state index contributed by atoms with van der Waals surface area (Å²) in [5, 5.41) is 18.9. The monoisotopic (exact) mass is 576 g/mol. The third kappa shape index (κ3) is 71.0. The van der Waals surface area contributed by atoms with Crippen LogP contribution < -0.4 is 0 Å². The second-order valence-corrected chi connectivity index (χ2v) is 9.46. The van der Waals surface area contributed by atoms with E-state index < -0.39 is 6.10 Å². The van der Waals surface area contributed by atoms with E-state index in [9.17, 15) is 10.0 Å². The van der Waals surface area contributed by atoms with Gasteiger partial charge in [0, 0.05) is 7.11 Å². The Bertz CT molecular complexity index is 362. The molecule has 0 radical (unpaired) electrons. The Hall–Kier alpha value is -0.740. The van der Waals surface area contributed by atoms with Crippen molar-refractivity contribution in [3.05, 3.63) is 17.1 Å². The normalized spacial score (nSPS) is 10.2. The highest BCUT2D eigenvalue weighted by Crippen LogP contribution is 2.11. The SMILES string of the molecule is CC.CC.CC.CCCCCCC=CCCCCCCCC.CCCCCCCCCCCC(O)CN=O.CO. The molecule has 0 fully saturated rings. The average Bonchev–Trinajstić information content (AvgIpc) is 3.01. The summed E-state index contributed by atoms with van der Waals surface area (Å²) in [6, 6.07) is 0. The van der Waals surface area contributed by atoms with Gasteiger partial charge in [0.15, 0.2) is 0 Å². The summed E-state index contributed by atoms with van der Waals surface area (Å²) in [7, 11) is 1.00. The van der Waals surface area contributed by atoms with Crippen molar-refractivity contribution < 1.29 is 10.2 Å². The van der Waals surface area contributed by atoms with Crippen LogP contribution in [0.5, 0.6) is 0 Å². The van der Waals surface area contributed by atoms with E-state index >= 15 is 0 Å². The highest BCUT2D eigenvalue weighted by atomic mass is 16.3. The van der Waals surface area contributed by atoms with E-state index in [4.69, 9.17) is 5.11 Å². The Morgan fingerprint density at radius 1 is 0.500 bits per heavy atom. The van der Waals surface area contributed by atoms with Gasteiger partial charge < -0.3 is 10.2 Å². The molecule has 40 heavy (non-hydrogen) atoms. The molecule has 0 heterocycles. The molecule has 0 bridgehead atoms. The van der Waals surface area contributed by atoms with Crippen molar-refractivity contribution in [2.75, 3.05) is 13.7 Å². The Balaban J connectivity index is -0.000000115. The molecule has 0 aliphatic carbocycles. The maximum atomic E-state index is 9.87. The molecule has 0 amide bonds. The van der Waals surface area contributed by atoms with Gasteiger partial charge in [0.25, 0.3) is 0 Å². The quantitative estimate of drug-likeness (QED) is 0.0683. The lowest BCUT2D eigenvalue weighted by Crippen LogP contribution is -2.09. The predicted molar refractivity (Wildman–Crippen MR) is 187 cm³/mol. The third-order valence-electron chi connectivity index (χ3n) is 6.04. The fraction of sp³-hybridized carbons (Fsp3) is 0.944. The van der Waals surface area contributed by atoms with Crippen LogP contribution in [-0.2, 0) is 0 Å². The highest BCUT2D eigenvalue weighted by molar-refractivity contribution is 4.81. The first-order valence-corrected chi connectivity index (χ1v) is 17.8. The molecule has 0 spiro atoms. The lowest BCUT2D eigenvalue weighted by Gasteiger charge is -2.05. The number of nitroso groups, excluding NO2 is 1. The van der Waals surface area contributed by atoms with E-state index in [1.165, 1.54) is 128 Å². The van der Waals surface area contributed by atoms with E-state index in [0.717, 1.165) is 20.0 Å². The maximum Gasteiger partial charge on any atom is 0.107 e. The molecule has 2 N–H and O–H groups in total. The largest absolute Gasteiger partial charge is 0.400 e. The first kappa shape index (κ1) is 52.0. The van der Waals surface area contributed by atoms with Gasteiger partial charge in [0.2, 0.25) is 0 Å².